The van der Waals surface area contributed by atoms with Crippen molar-refractivity contribution >= 4 is 0 Å². The summed E-state index contributed by atoms with van der Waals surface area (Å²) >= 11 is 0. The molecule has 1 aromatic carbocycles. The van der Waals surface area contributed by atoms with Gasteiger partial charge in [-0.2, -0.15) is 0 Å². The summed E-state index contributed by atoms with van der Waals surface area (Å²) in [5.41, 5.74) is 0. The maximum Gasteiger partial charge on any atom is 0.123 e. The van der Waals surface area contributed by atoms with Crippen molar-refractivity contribution in [1.82, 2.24) is 5.32 Å². The van der Waals surface area contributed by atoms with Gasteiger partial charge in [-0.1, -0.05) is 12.1 Å². The van der Waals surface area contributed by atoms with Crippen LogP contribution < -0.4 is 14.8 Å². The Morgan fingerprint density at radius 1 is 1.47 bits per heavy atom. The van der Waals surface area contributed by atoms with E-state index in [1.165, 1.54) is 0 Å². The van der Waals surface area contributed by atoms with Crippen LogP contribution in [0.15, 0.2) is 36.9 Å². The number of aliphatic hydroxyl groups excluding tert-OH is 1. The van der Waals surface area contributed by atoms with Crippen molar-refractivity contribution in [2.24, 2.45) is 0 Å². The van der Waals surface area contributed by atoms with Crippen molar-refractivity contribution in [2.75, 3.05) is 26.8 Å². The summed E-state index contributed by atoms with van der Waals surface area (Å²) in [6.45, 7) is 4.99. The first-order valence-corrected chi connectivity index (χ1v) is 5.52. The molecule has 0 fully saturated rings. The molecule has 4 heteroatoms. The first-order chi connectivity index (χ1) is 8.26. The highest BCUT2D eigenvalue weighted by Crippen LogP contribution is 2.18. The highest BCUT2D eigenvalue weighted by atomic mass is 16.5. The van der Waals surface area contributed by atoms with Crippen molar-refractivity contribution in [3.05, 3.63) is 36.9 Å². The predicted molar refractivity (Wildman–Crippen MR) is 67.6 cm³/mol. The second-order valence-electron chi connectivity index (χ2n) is 3.59. The van der Waals surface area contributed by atoms with Crippen LogP contribution in [0, 0.1) is 0 Å². The molecule has 2 N–H and O–H groups in total. The van der Waals surface area contributed by atoms with E-state index < -0.39 is 6.10 Å². The van der Waals surface area contributed by atoms with Gasteiger partial charge < -0.3 is 19.9 Å². The summed E-state index contributed by atoms with van der Waals surface area (Å²) in [4.78, 5) is 0. The number of hydrogen-bond donors (Lipinski definition) is 2. The van der Waals surface area contributed by atoms with Gasteiger partial charge in [0.05, 0.1) is 7.11 Å². The van der Waals surface area contributed by atoms with Crippen LogP contribution in [0.4, 0.5) is 0 Å². The molecule has 0 amide bonds. The minimum Gasteiger partial charge on any atom is -0.497 e. The van der Waals surface area contributed by atoms with Crippen LogP contribution in [0.25, 0.3) is 0 Å². The fourth-order valence-corrected chi connectivity index (χ4v) is 1.29. The quantitative estimate of drug-likeness (QED) is 0.527. The third kappa shape index (κ3) is 5.38. The molecular formula is C13H19NO3. The number of nitrogens with one attached hydrogen (secondary N) is 1. The normalized spacial score (nSPS) is 11.9. The molecule has 0 radical (unpaired) electrons. The van der Waals surface area contributed by atoms with E-state index in [-0.39, 0.29) is 6.61 Å². The van der Waals surface area contributed by atoms with E-state index in [1.807, 2.05) is 18.2 Å². The van der Waals surface area contributed by atoms with Crippen LogP contribution in [-0.2, 0) is 0 Å². The molecule has 1 atom stereocenters. The summed E-state index contributed by atoms with van der Waals surface area (Å²) in [6.07, 6.45) is 1.21. The summed E-state index contributed by atoms with van der Waals surface area (Å²) < 4.78 is 10.5. The van der Waals surface area contributed by atoms with Crippen LogP contribution in [0.1, 0.15) is 0 Å². The second-order valence-corrected chi connectivity index (χ2v) is 3.59. The highest BCUT2D eigenvalue weighted by molar-refractivity contribution is 5.32. The number of methoxy groups -OCH3 is 1. The van der Waals surface area contributed by atoms with E-state index >= 15 is 0 Å². The summed E-state index contributed by atoms with van der Waals surface area (Å²) in [5.74, 6) is 1.42. The van der Waals surface area contributed by atoms with Crippen LogP contribution in [0.5, 0.6) is 11.5 Å². The third-order valence-electron chi connectivity index (χ3n) is 2.15. The van der Waals surface area contributed by atoms with Crippen LogP contribution in [-0.4, -0.2) is 38.0 Å². The molecule has 0 aliphatic heterocycles. The van der Waals surface area contributed by atoms with E-state index in [0.717, 1.165) is 5.75 Å². The van der Waals surface area contributed by atoms with Gasteiger partial charge in [0.2, 0.25) is 0 Å². The second kappa shape index (κ2) is 7.70. The lowest BCUT2D eigenvalue weighted by atomic mass is 10.3. The maximum absolute atomic E-state index is 9.61. The summed E-state index contributed by atoms with van der Waals surface area (Å²) in [5, 5.41) is 12.6. The Kier molecular flexibility index (Phi) is 6.14. The number of aliphatic hydroxyl groups is 1. The predicted octanol–water partition coefficient (Wildman–Crippen LogP) is 1.21. The SMILES string of the molecule is C=CCNCC(O)COc1cccc(OC)c1. The standard InChI is InChI=1S/C13H19NO3/c1-3-7-14-9-11(15)10-17-13-6-4-5-12(8-13)16-2/h3-6,8,11,14-15H,1,7,9-10H2,2H3. The smallest absolute Gasteiger partial charge is 0.123 e. The number of rotatable bonds is 8. The number of ether oxygens (including phenoxy) is 2. The molecule has 1 unspecified atom stereocenters. The molecule has 0 heterocycles. The van der Waals surface area contributed by atoms with Crippen LogP contribution >= 0.6 is 0 Å². The lowest BCUT2D eigenvalue weighted by Crippen LogP contribution is -2.31. The topological polar surface area (TPSA) is 50.7 Å². The van der Waals surface area contributed by atoms with E-state index in [4.69, 9.17) is 9.47 Å². The van der Waals surface area contributed by atoms with Crippen molar-refractivity contribution in [3.63, 3.8) is 0 Å². The molecule has 0 aliphatic rings. The molecule has 0 saturated carbocycles. The van der Waals surface area contributed by atoms with Crippen molar-refractivity contribution in [2.45, 2.75) is 6.10 Å². The van der Waals surface area contributed by atoms with Crippen LogP contribution in [0.3, 0.4) is 0 Å². The Morgan fingerprint density at radius 3 is 2.94 bits per heavy atom. The van der Waals surface area contributed by atoms with E-state index in [0.29, 0.717) is 18.8 Å². The number of benzene rings is 1. The average molecular weight is 237 g/mol. The molecule has 0 spiro atoms. The van der Waals surface area contributed by atoms with E-state index in [2.05, 4.69) is 11.9 Å². The van der Waals surface area contributed by atoms with Gasteiger partial charge >= 0.3 is 0 Å². The van der Waals surface area contributed by atoms with Gasteiger partial charge in [0.25, 0.3) is 0 Å². The van der Waals surface area contributed by atoms with Crippen molar-refractivity contribution in [1.29, 1.82) is 0 Å². The minimum absolute atomic E-state index is 0.247. The van der Waals surface area contributed by atoms with E-state index in [1.54, 1.807) is 19.3 Å². The van der Waals surface area contributed by atoms with E-state index in [9.17, 15) is 5.11 Å². The molecular weight excluding hydrogens is 218 g/mol. The zero-order valence-electron chi connectivity index (χ0n) is 10.1. The monoisotopic (exact) mass is 237 g/mol. The Bertz CT molecular complexity index is 341. The Balaban J connectivity index is 2.31. The molecule has 1 aromatic rings. The van der Waals surface area contributed by atoms with Crippen molar-refractivity contribution in [3.8, 4) is 11.5 Å². The van der Waals surface area contributed by atoms with Gasteiger partial charge in [-0.3, -0.25) is 0 Å². The van der Waals surface area contributed by atoms with Gasteiger partial charge in [-0.05, 0) is 12.1 Å². The Labute approximate surface area is 102 Å². The largest absolute Gasteiger partial charge is 0.497 e. The molecule has 0 bridgehead atoms. The lowest BCUT2D eigenvalue weighted by Gasteiger charge is -2.13. The van der Waals surface area contributed by atoms with Gasteiger partial charge in [-0.25, -0.2) is 0 Å². The average Bonchev–Trinajstić information content (AvgIpc) is 2.37. The van der Waals surface area contributed by atoms with Crippen molar-refractivity contribution < 1.29 is 14.6 Å². The minimum atomic E-state index is -0.541. The highest BCUT2D eigenvalue weighted by Gasteiger charge is 2.04. The zero-order valence-corrected chi connectivity index (χ0v) is 10.1. The first-order valence-electron chi connectivity index (χ1n) is 5.52. The summed E-state index contributed by atoms with van der Waals surface area (Å²) in [6, 6.07) is 7.29. The first kappa shape index (κ1) is 13.5. The van der Waals surface area contributed by atoms with Gasteiger partial charge in [0.1, 0.15) is 24.2 Å². The molecule has 0 aromatic heterocycles. The van der Waals surface area contributed by atoms with Gasteiger partial charge in [0, 0.05) is 19.2 Å². The zero-order chi connectivity index (χ0) is 12.5. The van der Waals surface area contributed by atoms with Gasteiger partial charge in [-0.15, -0.1) is 6.58 Å². The molecule has 0 saturated heterocycles. The summed E-state index contributed by atoms with van der Waals surface area (Å²) in [7, 11) is 1.60. The fraction of sp³-hybridized carbons (Fsp3) is 0.385. The lowest BCUT2D eigenvalue weighted by molar-refractivity contribution is 0.107. The molecule has 17 heavy (non-hydrogen) atoms. The van der Waals surface area contributed by atoms with Gasteiger partial charge in [0.15, 0.2) is 0 Å². The third-order valence-corrected chi connectivity index (χ3v) is 2.15. The Morgan fingerprint density at radius 2 is 2.24 bits per heavy atom. The maximum atomic E-state index is 9.61. The molecule has 0 aliphatic carbocycles. The molecule has 1 rings (SSSR count). The van der Waals surface area contributed by atoms with Crippen LogP contribution in [0.2, 0.25) is 0 Å². The number of hydrogen-bond acceptors (Lipinski definition) is 4. The molecule has 94 valence electrons. The molecule has 4 nitrogen and oxygen atoms in total. The Hall–Kier alpha value is -1.52. The fourth-order valence-electron chi connectivity index (χ4n) is 1.29.